The minimum atomic E-state index is -4.55. The third-order valence-corrected chi connectivity index (χ3v) is 2.67. The van der Waals surface area contributed by atoms with Gasteiger partial charge >= 0.3 is 11.9 Å². The number of aromatic nitrogens is 2. The van der Waals surface area contributed by atoms with Gasteiger partial charge in [0.15, 0.2) is 0 Å². The molecule has 3 N–H and O–H groups in total. The van der Waals surface area contributed by atoms with Gasteiger partial charge in [-0.1, -0.05) is 18.2 Å². The number of hydrogen-bond acceptors (Lipinski definition) is 7. The van der Waals surface area contributed by atoms with Crippen molar-refractivity contribution in [2.24, 2.45) is 5.10 Å². The van der Waals surface area contributed by atoms with Crippen LogP contribution in [0, 0.1) is 10.1 Å². The Morgan fingerprint density at radius 1 is 1.30 bits per heavy atom. The summed E-state index contributed by atoms with van der Waals surface area (Å²) in [5.41, 5.74) is 5.83. The number of nitrogen functional groups attached to an aromatic ring is 1. The fourth-order valence-corrected chi connectivity index (χ4v) is 1.68. The van der Waals surface area contributed by atoms with Crippen LogP contribution in [0.15, 0.2) is 35.7 Å². The number of rotatable bonds is 4. The Hall–Kier alpha value is -3.24. The second-order valence-corrected chi connectivity index (χ2v) is 4.17. The highest BCUT2D eigenvalue weighted by atomic mass is 19.4. The van der Waals surface area contributed by atoms with Crippen molar-refractivity contribution < 1.29 is 18.1 Å². The molecule has 0 amide bonds. The molecule has 0 spiro atoms. The van der Waals surface area contributed by atoms with Crippen LogP contribution in [0.1, 0.15) is 11.1 Å². The van der Waals surface area contributed by atoms with Gasteiger partial charge in [0.25, 0.3) is 0 Å². The van der Waals surface area contributed by atoms with Crippen LogP contribution in [-0.4, -0.2) is 21.1 Å². The van der Waals surface area contributed by atoms with Crippen molar-refractivity contribution in [1.29, 1.82) is 0 Å². The summed E-state index contributed by atoms with van der Waals surface area (Å²) >= 11 is 0. The molecule has 120 valence electrons. The van der Waals surface area contributed by atoms with Gasteiger partial charge in [0.2, 0.25) is 11.6 Å². The number of nitrogens with two attached hydrogens (primary N) is 1. The summed E-state index contributed by atoms with van der Waals surface area (Å²) in [7, 11) is 0. The van der Waals surface area contributed by atoms with Crippen molar-refractivity contribution in [3.05, 3.63) is 51.8 Å². The second kappa shape index (κ2) is 6.25. The molecule has 1 aromatic heterocycles. The SMILES string of the molecule is Nc1ncnc(N/N=C\c2ccccc2C(F)(F)F)c1[N+](=O)[O-]. The molecule has 2 rings (SSSR count). The van der Waals surface area contributed by atoms with Crippen LogP contribution in [0.5, 0.6) is 0 Å². The van der Waals surface area contributed by atoms with Crippen LogP contribution in [0.2, 0.25) is 0 Å². The van der Waals surface area contributed by atoms with E-state index in [9.17, 15) is 23.3 Å². The highest BCUT2D eigenvalue weighted by molar-refractivity contribution is 5.83. The van der Waals surface area contributed by atoms with Gasteiger partial charge in [-0.3, -0.25) is 15.5 Å². The fraction of sp³-hybridized carbons (Fsp3) is 0.0833. The average Bonchev–Trinajstić information content (AvgIpc) is 2.46. The molecule has 0 atom stereocenters. The average molecular weight is 326 g/mol. The van der Waals surface area contributed by atoms with Crippen LogP contribution in [0.4, 0.5) is 30.5 Å². The van der Waals surface area contributed by atoms with Crippen LogP contribution in [0.25, 0.3) is 0 Å². The zero-order valence-corrected chi connectivity index (χ0v) is 11.3. The summed E-state index contributed by atoms with van der Waals surface area (Å²) in [6.45, 7) is 0. The molecular weight excluding hydrogens is 317 g/mol. The lowest BCUT2D eigenvalue weighted by Crippen LogP contribution is -2.09. The van der Waals surface area contributed by atoms with E-state index in [1.165, 1.54) is 18.2 Å². The van der Waals surface area contributed by atoms with Crippen molar-refractivity contribution in [1.82, 2.24) is 9.97 Å². The highest BCUT2D eigenvalue weighted by Crippen LogP contribution is 2.31. The monoisotopic (exact) mass is 326 g/mol. The maximum absolute atomic E-state index is 12.8. The summed E-state index contributed by atoms with van der Waals surface area (Å²) in [5.74, 6) is -0.721. The molecule has 0 saturated heterocycles. The molecule has 11 heteroatoms. The van der Waals surface area contributed by atoms with Gasteiger partial charge < -0.3 is 5.73 Å². The second-order valence-electron chi connectivity index (χ2n) is 4.17. The Morgan fingerprint density at radius 2 is 2.00 bits per heavy atom. The molecule has 0 unspecified atom stereocenters. The third kappa shape index (κ3) is 3.70. The van der Waals surface area contributed by atoms with E-state index in [-0.39, 0.29) is 11.4 Å². The molecule has 0 aliphatic heterocycles. The fourth-order valence-electron chi connectivity index (χ4n) is 1.68. The first-order valence-corrected chi connectivity index (χ1v) is 6.01. The van der Waals surface area contributed by atoms with E-state index in [4.69, 9.17) is 5.73 Å². The number of hydrazone groups is 1. The Balaban J connectivity index is 2.28. The van der Waals surface area contributed by atoms with Gasteiger partial charge in [0.1, 0.15) is 6.33 Å². The van der Waals surface area contributed by atoms with E-state index in [1.807, 2.05) is 0 Å². The lowest BCUT2D eigenvalue weighted by Gasteiger charge is -2.09. The molecule has 23 heavy (non-hydrogen) atoms. The summed E-state index contributed by atoms with van der Waals surface area (Å²) in [6, 6.07) is 4.74. The molecule has 8 nitrogen and oxygen atoms in total. The maximum atomic E-state index is 12.8. The zero-order valence-electron chi connectivity index (χ0n) is 11.3. The van der Waals surface area contributed by atoms with Crippen LogP contribution in [0.3, 0.4) is 0 Å². The van der Waals surface area contributed by atoms with Gasteiger partial charge in [0.05, 0.1) is 16.7 Å². The maximum Gasteiger partial charge on any atom is 0.417 e. The Morgan fingerprint density at radius 3 is 2.65 bits per heavy atom. The van der Waals surface area contributed by atoms with Crippen LogP contribution < -0.4 is 11.2 Å². The number of nitrogens with one attached hydrogen (secondary N) is 1. The summed E-state index contributed by atoms with van der Waals surface area (Å²) in [4.78, 5) is 17.1. The molecule has 1 heterocycles. The first-order valence-electron chi connectivity index (χ1n) is 6.01. The normalized spacial score (nSPS) is 11.6. The standard InChI is InChI=1S/C12H9F3N6O2/c13-12(14,15)8-4-2-1-3-7(8)5-19-20-11-9(21(22)23)10(16)17-6-18-11/h1-6H,(H3,16,17,18,20)/b19-5-. The highest BCUT2D eigenvalue weighted by Gasteiger charge is 2.32. The van der Waals surface area contributed by atoms with Crippen molar-refractivity contribution >= 4 is 23.5 Å². The zero-order chi connectivity index (χ0) is 17.0. The van der Waals surface area contributed by atoms with Crippen LogP contribution >= 0.6 is 0 Å². The van der Waals surface area contributed by atoms with Crippen molar-refractivity contribution in [2.45, 2.75) is 6.18 Å². The third-order valence-electron chi connectivity index (χ3n) is 2.67. The number of benzene rings is 1. The van der Waals surface area contributed by atoms with E-state index in [0.717, 1.165) is 18.6 Å². The predicted octanol–water partition coefficient (Wildman–Crippen LogP) is 2.43. The quantitative estimate of drug-likeness (QED) is 0.506. The molecule has 2 aromatic rings. The van der Waals surface area contributed by atoms with E-state index in [0.29, 0.717) is 0 Å². The van der Waals surface area contributed by atoms with E-state index in [2.05, 4.69) is 20.5 Å². The molecule has 0 saturated carbocycles. The van der Waals surface area contributed by atoms with E-state index >= 15 is 0 Å². The lowest BCUT2D eigenvalue weighted by atomic mass is 10.1. The van der Waals surface area contributed by atoms with Crippen molar-refractivity contribution in [3.8, 4) is 0 Å². The number of halogens is 3. The van der Waals surface area contributed by atoms with Gasteiger partial charge in [-0.05, 0) is 6.07 Å². The molecule has 0 aliphatic rings. The van der Waals surface area contributed by atoms with Crippen LogP contribution in [-0.2, 0) is 6.18 Å². The summed E-state index contributed by atoms with van der Waals surface area (Å²) < 4.78 is 38.4. The summed E-state index contributed by atoms with van der Waals surface area (Å²) in [6.07, 6.45) is -2.71. The summed E-state index contributed by atoms with van der Waals surface area (Å²) in [5, 5.41) is 14.4. The van der Waals surface area contributed by atoms with Gasteiger partial charge in [-0.25, -0.2) is 9.97 Å². The molecule has 0 bridgehead atoms. The lowest BCUT2D eigenvalue weighted by molar-refractivity contribution is -0.383. The smallest absolute Gasteiger partial charge is 0.378 e. The molecule has 1 aromatic carbocycles. The Labute approximate surface area is 127 Å². The first kappa shape index (κ1) is 16.1. The Bertz CT molecular complexity index is 763. The van der Waals surface area contributed by atoms with Gasteiger partial charge in [-0.2, -0.15) is 18.3 Å². The van der Waals surface area contributed by atoms with Gasteiger partial charge in [-0.15, -0.1) is 0 Å². The number of hydrogen-bond donors (Lipinski definition) is 2. The predicted molar refractivity (Wildman–Crippen MR) is 75.8 cm³/mol. The minimum Gasteiger partial charge on any atom is -0.378 e. The number of anilines is 2. The number of alkyl halides is 3. The number of nitrogens with zero attached hydrogens (tertiary/aromatic N) is 4. The first-order chi connectivity index (χ1) is 10.8. The molecule has 0 aliphatic carbocycles. The largest absolute Gasteiger partial charge is 0.417 e. The molecule has 0 radical (unpaired) electrons. The van der Waals surface area contributed by atoms with E-state index in [1.54, 1.807) is 0 Å². The van der Waals surface area contributed by atoms with Gasteiger partial charge in [0, 0.05) is 5.56 Å². The topological polar surface area (TPSA) is 119 Å². The Kier molecular flexibility index (Phi) is 4.39. The molecule has 0 fully saturated rings. The number of nitro groups is 1. The van der Waals surface area contributed by atoms with E-state index < -0.39 is 28.2 Å². The van der Waals surface area contributed by atoms with Crippen molar-refractivity contribution in [2.75, 3.05) is 11.2 Å². The minimum absolute atomic E-state index is 0.211. The molecular formula is C12H9F3N6O2. The van der Waals surface area contributed by atoms with Crippen molar-refractivity contribution in [3.63, 3.8) is 0 Å².